The quantitative estimate of drug-likeness (QED) is 0.506. The number of hydrogen-bond donors (Lipinski definition) is 1. The molecule has 7 nitrogen and oxygen atoms in total. The highest BCUT2D eigenvalue weighted by molar-refractivity contribution is 5.94. The fraction of sp³-hybridized carbons (Fsp3) is 0.344. The topological polar surface area (TPSA) is 84.5 Å². The van der Waals surface area contributed by atoms with Gasteiger partial charge in [0.2, 0.25) is 5.82 Å². The summed E-state index contributed by atoms with van der Waals surface area (Å²) in [4.78, 5) is 33.7. The van der Waals surface area contributed by atoms with E-state index in [2.05, 4.69) is 48.9 Å². The smallest absolute Gasteiger partial charge is 0.293 e. The van der Waals surface area contributed by atoms with Gasteiger partial charge in [0.05, 0.1) is 17.1 Å². The van der Waals surface area contributed by atoms with E-state index in [4.69, 9.17) is 5.73 Å². The molecule has 0 fully saturated rings. The number of hydrogen-bond acceptors (Lipinski definition) is 5. The van der Waals surface area contributed by atoms with Crippen molar-refractivity contribution in [1.29, 1.82) is 0 Å². The highest BCUT2D eigenvalue weighted by atomic mass is 19.1. The molecule has 2 atom stereocenters. The fourth-order valence-corrected chi connectivity index (χ4v) is 5.91. The minimum Gasteiger partial charge on any atom is -0.396 e. The maximum Gasteiger partial charge on any atom is 0.293 e. The first-order chi connectivity index (χ1) is 19.1. The van der Waals surface area contributed by atoms with E-state index in [0.29, 0.717) is 11.3 Å². The summed E-state index contributed by atoms with van der Waals surface area (Å²) in [5.74, 6) is -0.659. The minimum atomic E-state index is -0.945. The fourth-order valence-electron chi connectivity index (χ4n) is 5.91. The number of carbonyl (C=O) groups excluding carboxylic acids is 1. The van der Waals surface area contributed by atoms with Crippen LogP contribution in [-0.2, 0) is 6.42 Å². The minimum absolute atomic E-state index is 0.00786. The number of benzene rings is 1. The Hall–Kier alpha value is -4.04. The molecule has 0 saturated carbocycles. The normalized spacial score (nSPS) is 18.0. The van der Waals surface area contributed by atoms with Crippen LogP contribution in [0.25, 0.3) is 17.3 Å². The number of nitrogens with two attached hydrogens (primary N) is 1. The van der Waals surface area contributed by atoms with Gasteiger partial charge in [0.25, 0.3) is 11.5 Å². The molecule has 1 amide bonds. The number of aromatic nitrogens is 2. The van der Waals surface area contributed by atoms with E-state index in [9.17, 15) is 14.0 Å². The zero-order valence-electron chi connectivity index (χ0n) is 23.7. The number of halogens is 1. The van der Waals surface area contributed by atoms with Crippen LogP contribution in [0.3, 0.4) is 0 Å². The maximum absolute atomic E-state index is 14.4. The van der Waals surface area contributed by atoms with Gasteiger partial charge in [-0.25, -0.2) is 0 Å². The van der Waals surface area contributed by atoms with Gasteiger partial charge in [-0.1, -0.05) is 19.1 Å². The van der Waals surface area contributed by atoms with Gasteiger partial charge in [-0.3, -0.25) is 24.0 Å². The summed E-state index contributed by atoms with van der Waals surface area (Å²) in [6, 6.07) is 9.29. The third-order valence-corrected chi connectivity index (χ3v) is 8.25. The van der Waals surface area contributed by atoms with Crippen LogP contribution in [0.5, 0.6) is 0 Å². The number of anilines is 1. The molecule has 40 heavy (non-hydrogen) atoms. The summed E-state index contributed by atoms with van der Waals surface area (Å²) in [6.45, 7) is 8.22. The Morgan fingerprint density at radius 1 is 1.23 bits per heavy atom. The summed E-state index contributed by atoms with van der Waals surface area (Å²) in [6.07, 6.45) is 9.29. The van der Waals surface area contributed by atoms with Crippen molar-refractivity contribution in [2.45, 2.75) is 39.7 Å². The van der Waals surface area contributed by atoms with Gasteiger partial charge in [0.15, 0.2) is 0 Å². The van der Waals surface area contributed by atoms with Crippen molar-refractivity contribution in [3.63, 3.8) is 0 Å². The first-order valence-electron chi connectivity index (χ1n) is 13.7. The number of nitrogen functional groups attached to an aromatic ring is 1. The van der Waals surface area contributed by atoms with E-state index >= 15 is 0 Å². The highest BCUT2D eigenvalue weighted by Gasteiger charge is 2.29. The zero-order chi connectivity index (χ0) is 28.7. The predicted molar refractivity (Wildman–Crippen MR) is 158 cm³/mol. The number of nitrogens with zero attached hydrogens (tertiary/aromatic N) is 4. The molecule has 1 aliphatic carbocycles. The van der Waals surface area contributed by atoms with Gasteiger partial charge in [-0.15, -0.1) is 0 Å². The van der Waals surface area contributed by atoms with E-state index in [-0.39, 0.29) is 23.6 Å². The molecule has 0 bridgehead atoms. The van der Waals surface area contributed by atoms with Gasteiger partial charge in [-0.05, 0) is 85.2 Å². The first-order valence-corrected chi connectivity index (χ1v) is 13.7. The van der Waals surface area contributed by atoms with Crippen molar-refractivity contribution < 1.29 is 9.18 Å². The van der Waals surface area contributed by atoms with E-state index in [1.54, 1.807) is 31.3 Å². The van der Waals surface area contributed by atoms with E-state index < -0.39 is 11.4 Å². The van der Waals surface area contributed by atoms with E-state index in [1.807, 2.05) is 12.1 Å². The molecule has 0 radical (unpaired) electrons. The van der Waals surface area contributed by atoms with Gasteiger partial charge < -0.3 is 10.6 Å². The lowest BCUT2D eigenvalue weighted by Gasteiger charge is -2.37. The average molecular weight is 542 g/mol. The van der Waals surface area contributed by atoms with Gasteiger partial charge in [0, 0.05) is 56.7 Å². The molecule has 0 spiro atoms. The Morgan fingerprint density at radius 2 is 2.00 bits per heavy atom. The van der Waals surface area contributed by atoms with E-state index in [0.717, 1.165) is 42.8 Å². The number of carbonyl (C=O) groups is 1. The van der Waals surface area contributed by atoms with Crippen molar-refractivity contribution in [2.24, 2.45) is 5.92 Å². The largest absolute Gasteiger partial charge is 0.396 e. The molecule has 0 saturated heterocycles. The third-order valence-electron chi connectivity index (χ3n) is 8.25. The van der Waals surface area contributed by atoms with Crippen LogP contribution in [0.15, 0.2) is 59.2 Å². The molecule has 208 valence electrons. The lowest BCUT2D eigenvalue weighted by molar-refractivity contribution is 0.0827. The van der Waals surface area contributed by atoms with Crippen LogP contribution in [0.1, 0.15) is 53.0 Å². The Kier molecular flexibility index (Phi) is 7.47. The summed E-state index contributed by atoms with van der Waals surface area (Å²) < 4.78 is 15.7. The standard InChI is InChI=1S/C32H36FN5O2/c1-19-16-23(31(39)36(4)5)6-7-24(19)22-9-13-37(14-10-22)21(3)25-18-26-28(17-20(25)2)35-12-8-29(26)38-15-11-27(34)30(33)32(38)40/h6-9,11-12,15-16,18,20-21H,10,13-14,17,34H2,1-5H3. The summed E-state index contributed by atoms with van der Waals surface area (Å²) >= 11 is 0. The molecular weight excluding hydrogens is 505 g/mol. The van der Waals surface area contributed by atoms with Crippen LogP contribution in [0, 0.1) is 18.7 Å². The summed E-state index contributed by atoms with van der Waals surface area (Å²) in [5.41, 5.74) is 12.6. The van der Waals surface area contributed by atoms with Crippen molar-refractivity contribution in [2.75, 3.05) is 32.9 Å². The number of aryl methyl sites for hydroxylation is 1. The molecule has 2 unspecified atom stereocenters. The molecule has 2 N–H and O–H groups in total. The van der Waals surface area contributed by atoms with Crippen molar-refractivity contribution >= 4 is 23.2 Å². The average Bonchev–Trinajstić information content (AvgIpc) is 2.94. The molecule has 2 aromatic heterocycles. The molecule has 5 rings (SSSR count). The molecule has 3 aromatic rings. The number of amides is 1. The van der Waals surface area contributed by atoms with Crippen molar-refractivity contribution in [3.05, 3.63) is 98.5 Å². The van der Waals surface area contributed by atoms with Crippen molar-refractivity contribution in [1.82, 2.24) is 19.4 Å². The van der Waals surface area contributed by atoms with E-state index in [1.165, 1.54) is 33.5 Å². The first kappa shape index (κ1) is 27.5. The predicted octanol–water partition coefficient (Wildman–Crippen LogP) is 4.72. The SMILES string of the molecule is Cc1cc(C(=O)N(C)C)ccc1C1=CCN(C(C)C2=Cc3c(-n4ccc(N)c(F)c4=O)ccnc3CC2C)CC1. The molecule has 3 heterocycles. The molecule has 1 aliphatic heterocycles. The third kappa shape index (κ3) is 4.99. The zero-order valence-corrected chi connectivity index (χ0v) is 23.7. The lowest BCUT2D eigenvalue weighted by Crippen LogP contribution is -2.39. The summed E-state index contributed by atoms with van der Waals surface area (Å²) in [7, 11) is 3.53. The number of pyridine rings is 2. The Labute approximate surface area is 234 Å². The molecule has 8 heteroatoms. The second-order valence-corrected chi connectivity index (χ2v) is 11.1. The molecule has 1 aromatic carbocycles. The van der Waals surface area contributed by atoms with Crippen LogP contribution in [-0.4, -0.2) is 58.5 Å². The molecular formula is C32H36FN5O2. The Balaban J connectivity index is 1.41. The second-order valence-electron chi connectivity index (χ2n) is 11.1. The highest BCUT2D eigenvalue weighted by Crippen LogP contribution is 2.35. The number of fused-ring (bicyclic) bond motifs is 1. The van der Waals surface area contributed by atoms with Gasteiger partial charge in [0.1, 0.15) is 0 Å². The summed E-state index contributed by atoms with van der Waals surface area (Å²) in [5, 5.41) is 0. The van der Waals surface area contributed by atoms with Crippen molar-refractivity contribution in [3.8, 4) is 5.69 Å². The van der Waals surface area contributed by atoms with Gasteiger partial charge in [-0.2, -0.15) is 4.39 Å². The monoisotopic (exact) mass is 541 g/mol. The lowest BCUT2D eigenvalue weighted by atomic mass is 9.82. The Morgan fingerprint density at radius 3 is 2.67 bits per heavy atom. The second kappa shape index (κ2) is 10.8. The molecule has 2 aliphatic rings. The van der Waals surface area contributed by atoms with Crippen LogP contribution in [0.2, 0.25) is 0 Å². The van der Waals surface area contributed by atoms with Gasteiger partial charge >= 0.3 is 0 Å². The number of rotatable bonds is 5. The van der Waals surface area contributed by atoms with Crippen LogP contribution in [0.4, 0.5) is 10.1 Å². The Bertz CT molecular complexity index is 1600. The van der Waals surface area contributed by atoms with Crippen LogP contribution >= 0.6 is 0 Å². The van der Waals surface area contributed by atoms with Crippen LogP contribution < -0.4 is 11.3 Å². The maximum atomic E-state index is 14.4.